The largest absolute Gasteiger partial charge is 0.341 e. The van der Waals surface area contributed by atoms with Gasteiger partial charge >= 0.3 is 0 Å². The van der Waals surface area contributed by atoms with Crippen LogP contribution in [0.2, 0.25) is 5.02 Å². The van der Waals surface area contributed by atoms with Gasteiger partial charge in [0.1, 0.15) is 5.82 Å². The Hall–Kier alpha value is -2.76. The second-order valence-corrected chi connectivity index (χ2v) is 9.00. The summed E-state index contributed by atoms with van der Waals surface area (Å²) in [6.07, 6.45) is 0. The minimum atomic E-state index is -3.76. The van der Waals surface area contributed by atoms with E-state index < -0.39 is 10.0 Å². The molecule has 0 aliphatic rings. The lowest BCUT2D eigenvalue weighted by Crippen LogP contribution is -2.30. The van der Waals surface area contributed by atoms with Crippen LogP contribution >= 0.6 is 11.6 Å². The molecule has 0 fully saturated rings. The van der Waals surface area contributed by atoms with Crippen molar-refractivity contribution in [3.63, 3.8) is 0 Å². The SMILES string of the molecule is Cc1ccc(S(=O)(=O)N(Cc2ccccc2)c2cc3cc(Cl)ccc3[nH]2)cc1. The first-order valence-corrected chi connectivity index (χ1v) is 10.7. The van der Waals surface area contributed by atoms with E-state index in [0.29, 0.717) is 10.8 Å². The molecule has 0 saturated carbocycles. The average molecular weight is 411 g/mol. The van der Waals surface area contributed by atoms with Gasteiger partial charge in [-0.05, 0) is 48.9 Å². The Kier molecular flexibility index (Phi) is 4.87. The van der Waals surface area contributed by atoms with Crippen LogP contribution in [-0.4, -0.2) is 13.4 Å². The van der Waals surface area contributed by atoms with Gasteiger partial charge in [0, 0.05) is 15.9 Å². The lowest BCUT2D eigenvalue weighted by molar-refractivity contribution is 0.590. The first-order valence-electron chi connectivity index (χ1n) is 8.85. The van der Waals surface area contributed by atoms with Crippen LogP contribution in [0.1, 0.15) is 11.1 Å². The van der Waals surface area contributed by atoms with Gasteiger partial charge in [-0.25, -0.2) is 12.7 Å². The number of halogens is 1. The van der Waals surface area contributed by atoms with E-state index in [2.05, 4.69) is 4.98 Å². The average Bonchev–Trinajstić information content (AvgIpc) is 3.09. The van der Waals surface area contributed by atoms with Crippen LogP contribution in [0.5, 0.6) is 0 Å². The molecule has 0 bridgehead atoms. The number of aryl methyl sites for hydroxylation is 1. The summed E-state index contributed by atoms with van der Waals surface area (Å²) in [6, 6.07) is 23.7. The quantitative estimate of drug-likeness (QED) is 0.470. The predicted octanol–water partition coefficient (Wildman–Crippen LogP) is 5.53. The van der Waals surface area contributed by atoms with Gasteiger partial charge in [0.15, 0.2) is 0 Å². The molecule has 0 amide bonds. The van der Waals surface area contributed by atoms with Crippen molar-refractivity contribution in [2.45, 2.75) is 18.4 Å². The molecule has 0 atom stereocenters. The Labute approximate surface area is 169 Å². The first-order chi connectivity index (χ1) is 13.4. The minimum absolute atomic E-state index is 0.220. The van der Waals surface area contributed by atoms with E-state index in [1.807, 2.05) is 55.5 Å². The predicted molar refractivity (Wildman–Crippen MR) is 114 cm³/mol. The van der Waals surface area contributed by atoms with Crippen LogP contribution in [0, 0.1) is 6.92 Å². The van der Waals surface area contributed by atoms with E-state index in [4.69, 9.17) is 11.6 Å². The summed E-state index contributed by atoms with van der Waals surface area (Å²) < 4.78 is 28.3. The summed E-state index contributed by atoms with van der Waals surface area (Å²) in [5, 5.41) is 1.47. The summed E-state index contributed by atoms with van der Waals surface area (Å²) in [4.78, 5) is 3.47. The second-order valence-electron chi connectivity index (χ2n) is 6.70. The number of benzene rings is 3. The first kappa shape index (κ1) is 18.6. The van der Waals surface area contributed by atoms with Crippen LogP contribution in [0.3, 0.4) is 0 Å². The van der Waals surface area contributed by atoms with E-state index in [-0.39, 0.29) is 11.4 Å². The van der Waals surface area contributed by atoms with Crippen molar-refractivity contribution in [2.24, 2.45) is 0 Å². The Morgan fingerprint density at radius 2 is 1.64 bits per heavy atom. The Balaban J connectivity index is 1.84. The molecule has 0 spiro atoms. The van der Waals surface area contributed by atoms with Gasteiger partial charge < -0.3 is 4.98 Å². The second kappa shape index (κ2) is 7.34. The third kappa shape index (κ3) is 3.63. The molecule has 28 heavy (non-hydrogen) atoms. The summed E-state index contributed by atoms with van der Waals surface area (Å²) in [5.74, 6) is 0.502. The van der Waals surface area contributed by atoms with Gasteiger partial charge in [-0.1, -0.05) is 59.6 Å². The van der Waals surface area contributed by atoms with Gasteiger partial charge in [0.2, 0.25) is 0 Å². The molecule has 4 nitrogen and oxygen atoms in total. The molecule has 4 aromatic rings. The van der Waals surface area contributed by atoms with Crippen molar-refractivity contribution in [1.82, 2.24) is 4.98 Å². The number of nitrogens with zero attached hydrogens (tertiary/aromatic N) is 1. The van der Waals surface area contributed by atoms with Crippen LogP contribution in [0.15, 0.2) is 83.8 Å². The van der Waals surface area contributed by atoms with E-state index in [1.54, 1.807) is 30.3 Å². The molecule has 0 aliphatic carbocycles. The number of fused-ring (bicyclic) bond motifs is 1. The van der Waals surface area contributed by atoms with Gasteiger partial charge in [0.05, 0.1) is 11.4 Å². The molecule has 1 aromatic heterocycles. The van der Waals surface area contributed by atoms with Crippen LogP contribution in [0.25, 0.3) is 10.9 Å². The lowest BCUT2D eigenvalue weighted by Gasteiger charge is -2.23. The van der Waals surface area contributed by atoms with Gasteiger partial charge in [0.25, 0.3) is 10.0 Å². The highest BCUT2D eigenvalue weighted by molar-refractivity contribution is 7.92. The number of aromatic nitrogens is 1. The van der Waals surface area contributed by atoms with E-state index in [9.17, 15) is 8.42 Å². The maximum absolute atomic E-state index is 13.5. The van der Waals surface area contributed by atoms with Crippen LogP contribution in [0.4, 0.5) is 5.82 Å². The highest BCUT2D eigenvalue weighted by Gasteiger charge is 2.26. The fraction of sp³-hybridized carbons (Fsp3) is 0.0909. The summed E-state index contributed by atoms with van der Waals surface area (Å²) in [6.45, 7) is 2.15. The maximum atomic E-state index is 13.5. The van der Waals surface area contributed by atoms with E-state index in [1.165, 1.54) is 4.31 Å². The number of sulfonamides is 1. The number of H-pyrrole nitrogens is 1. The Morgan fingerprint density at radius 3 is 2.36 bits per heavy atom. The number of rotatable bonds is 5. The van der Waals surface area contributed by atoms with Crippen molar-refractivity contribution in [1.29, 1.82) is 0 Å². The molecule has 4 rings (SSSR count). The lowest BCUT2D eigenvalue weighted by atomic mass is 10.2. The number of hydrogen-bond acceptors (Lipinski definition) is 2. The fourth-order valence-corrected chi connectivity index (χ4v) is 4.70. The van der Waals surface area contributed by atoms with Gasteiger partial charge in [-0.3, -0.25) is 0 Å². The number of hydrogen-bond donors (Lipinski definition) is 1. The molecular weight excluding hydrogens is 392 g/mol. The van der Waals surface area contributed by atoms with Gasteiger partial charge in [-0.2, -0.15) is 0 Å². The molecule has 3 aromatic carbocycles. The molecule has 0 aliphatic heterocycles. The Bertz CT molecular complexity index is 1220. The number of anilines is 1. The van der Waals surface area contributed by atoms with Crippen molar-refractivity contribution in [2.75, 3.05) is 4.31 Å². The minimum Gasteiger partial charge on any atom is -0.341 e. The van der Waals surface area contributed by atoms with Gasteiger partial charge in [-0.15, -0.1) is 0 Å². The normalized spacial score (nSPS) is 11.6. The van der Waals surface area contributed by atoms with Crippen LogP contribution in [-0.2, 0) is 16.6 Å². The smallest absolute Gasteiger partial charge is 0.265 e. The number of nitrogens with one attached hydrogen (secondary N) is 1. The highest BCUT2D eigenvalue weighted by atomic mass is 35.5. The zero-order chi connectivity index (χ0) is 19.7. The molecule has 0 saturated heterocycles. The molecule has 1 N–H and O–H groups in total. The zero-order valence-electron chi connectivity index (χ0n) is 15.3. The standard InChI is InChI=1S/C22H19ClN2O2S/c1-16-7-10-20(11-8-16)28(26,27)25(15-17-5-3-2-4-6-17)22-14-18-13-19(23)9-12-21(18)24-22/h2-14,24H,15H2,1H3. The van der Waals surface area contributed by atoms with Crippen molar-refractivity contribution in [3.05, 3.63) is 95.0 Å². The van der Waals surface area contributed by atoms with E-state index in [0.717, 1.165) is 22.0 Å². The number of aromatic amines is 1. The molecule has 0 unspecified atom stereocenters. The van der Waals surface area contributed by atoms with E-state index >= 15 is 0 Å². The summed E-state index contributed by atoms with van der Waals surface area (Å²) >= 11 is 6.09. The van der Waals surface area contributed by atoms with Crippen molar-refractivity contribution < 1.29 is 8.42 Å². The topological polar surface area (TPSA) is 53.2 Å². The molecule has 0 radical (unpaired) electrons. The van der Waals surface area contributed by atoms with Crippen molar-refractivity contribution in [3.8, 4) is 0 Å². The summed E-state index contributed by atoms with van der Waals surface area (Å²) in [5.41, 5.74) is 2.74. The molecular formula is C22H19ClN2O2S. The third-order valence-electron chi connectivity index (χ3n) is 4.62. The molecule has 1 heterocycles. The van der Waals surface area contributed by atoms with Crippen LogP contribution < -0.4 is 4.31 Å². The monoisotopic (exact) mass is 410 g/mol. The third-order valence-corrected chi connectivity index (χ3v) is 6.62. The zero-order valence-corrected chi connectivity index (χ0v) is 16.8. The van der Waals surface area contributed by atoms with Crippen molar-refractivity contribution >= 4 is 38.3 Å². The summed E-state index contributed by atoms with van der Waals surface area (Å²) in [7, 11) is -3.76. The fourth-order valence-electron chi connectivity index (χ4n) is 3.11. The Morgan fingerprint density at radius 1 is 0.929 bits per heavy atom. The molecule has 142 valence electrons. The molecule has 6 heteroatoms. The maximum Gasteiger partial charge on any atom is 0.265 e. The highest BCUT2D eigenvalue weighted by Crippen LogP contribution is 2.30.